The molecule has 1 heterocycles. The van der Waals surface area contributed by atoms with Gasteiger partial charge in [0.15, 0.2) is 0 Å². The summed E-state index contributed by atoms with van der Waals surface area (Å²) in [6.45, 7) is 6.88. The molecule has 98 valence electrons. The summed E-state index contributed by atoms with van der Waals surface area (Å²) >= 11 is 0. The van der Waals surface area contributed by atoms with Gasteiger partial charge in [0, 0.05) is 5.41 Å². The van der Waals surface area contributed by atoms with Gasteiger partial charge in [0.1, 0.15) is 0 Å². The van der Waals surface area contributed by atoms with Crippen molar-refractivity contribution < 1.29 is 14.6 Å². The van der Waals surface area contributed by atoms with Gasteiger partial charge in [-0.15, -0.1) is 0 Å². The van der Waals surface area contributed by atoms with Gasteiger partial charge < -0.3 is 9.84 Å². The summed E-state index contributed by atoms with van der Waals surface area (Å²) in [5.74, 6) is -0.748. The van der Waals surface area contributed by atoms with Gasteiger partial charge in [0.2, 0.25) is 0 Å². The van der Waals surface area contributed by atoms with E-state index in [0.29, 0.717) is 19.6 Å². The smallest absolute Gasteiger partial charge is 0.309 e. The molecule has 1 aromatic rings. The van der Waals surface area contributed by atoms with Crippen LogP contribution >= 0.6 is 0 Å². The average molecular weight is 248 g/mol. The van der Waals surface area contributed by atoms with Gasteiger partial charge in [-0.2, -0.15) is 0 Å². The molecular formula is C15H20O3. The summed E-state index contributed by atoms with van der Waals surface area (Å²) in [6.07, 6.45) is 0.611. The van der Waals surface area contributed by atoms with Crippen LogP contribution in [0.3, 0.4) is 0 Å². The molecule has 1 N–H and O–H groups in total. The zero-order valence-corrected chi connectivity index (χ0v) is 11.2. The normalized spacial score (nSPS) is 18.2. The Morgan fingerprint density at radius 3 is 2.44 bits per heavy atom. The van der Waals surface area contributed by atoms with Crippen molar-refractivity contribution in [2.24, 2.45) is 5.41 Å². The van der Waals surface area contributed by atoms with Gasteiger partial charge >= 0.3 is 5.97 Å². The van der Waals surface area contributed by atoms with Gasteiger partial charge in [-0.05, 0) is 38.3 Å². The van der Waals surface area contributed by atoms with E-state index in [4.69, 9.17) is 4.74 Å². The Morgan fingerprint density at radius 2 is 2.00 bits per heavy atom. The fourth-order valence-corrected chi connectivity index (χ4v) is 2.79. The molecule has 1 aromatic carbocycles. The third-order valence-electron chi connectivity index (χ3n) is 3.83. The van der Waals surface area contributed by atoms with Crippen molar-refractivity contribution in [1.82, 2.24) is 0 Å². The number of hydrogen-bond donors (Lipinski definition) is 1. The maximum Gasteiger partial charge on any atom is 0.309 e. The Balaban J connectivity index is 2.33. The van der Waals surface area contributed by atoms with Crippen molar-refractivity contribution in [2.75, 3.05) is 13.2 Å². The molecule has 1 fully saturated rings. The molecular weight excluding hydrogens is 228 g/mol. The Hall–Kier alpha value is -1.35. The van der Waals surface area contributed by atoms with Crippen LogP contribution in [0.1, 0.15) is 31.4 Å². The minimum Gasteiger partial charge on any atom is -0.481 e. The summed E-state index contributed by atoms with van der Waals surface area (Å²) in [6, 6.07) is 8.18. The number of carboxylic acids is 1. The van der Waals surface area contributed by atoms with Crippen LogP contribution in [0, 0.1) is 12.3 Å². The first-order chi connectivity index (χ1) is 8.37. The quantitative estimate of drug-likeness (QED) is 0.891. The van der Waals surface area contributed by atoms with Gasteiger partial charge in [-0.3, -0.25) is 4.79 Å². The molecule has 0 saturated carbocycles. The minimum atomic E-state index is -0.748. The first-order valence-electron chi connectivity index (χ1n) is 6.25. The largest absolute Gasteiger partial charge is 0.481 e. The number of aryl methyl sites for hydroxylation is 1. The highest BCUT2D eigenvalue weighted by atomic mass is 16.5. The van der Waals surface area contributed by atoms with Gasteiger partial charge in [0.25, 0.3) is 0 Å². The van der Waals surface area contributed by atoms with Gasteiger partial charge in [-0.1, -0.05) is 24.3 Å². The highest BCUT2D eigenvalue weighted by molar-refractivity contribution is 5.74. The molecule has 0 unspecified atom stereocenters. The predicted octanol–water partition coefficient (Wildman–Crippen LogP) is 2.76. The summed E-state index contributed by atoms with van der Waals surface area (Å²) in [5, 5.41) is 9.30. The average Bonchev–Trinajstić information content (AvgIpc) is 2.24. The SMILES string of the molecule is Cc1ccccc1C1(CC(C)(C)C(=O)O)COC1. The van der Waals surface area contributed by atoms with Crippen LogP contribution in [0.5, 0.6) is 0 Å². The summed E-state index contributed by atoms with van der Waals surface area (Å²) in [7, 11) is 0. The number of carbonyl (C=O) groups is 1. The van der Waals surface area contributed by atoms with Crippen molar-refractivity contribution in [3.8, 4) is 0 Å². The molecule has 3 heteroatoms. The van der Waals surface area contributed by atoms with E-state index in [1.165, 1.54) is 11.1 Å². The molecule has 0 bridgehead atoms. The van der Waals surface area contributed by atoms with Crippen LogP contribution < -0.4 is 0 Å². The van der Waals surface area contributed by atoms with E-state index in [9.17, 15) is 9.90 Å². The van der Waals surface area contributed by atoms with Crippen molar-refractivity contribution in [3.05, 3.63) is 35.4 Å². The number of aliphatic carboxylic acids is 1. The molecule has 0 amide bonds. The van der Waals surface area contributed by atoms with E-state index >= 15 is 0 Å². The number of rotatable bonds is 4. The molecule has 18 heavy (non-hydrogen) atoms. The van der Waals surface area contributed by atoms with Gasteiger partial charge in [-0.25, -0.2) is 0 Å². The van der Waals surface area contributed by atoms with E-state index in [0.717, 1.165) is 0 Å². The Labute approximate surface area is 108 Å². The number of carboxylic acid groups (broad SMARTS) is 1. The number of benzene rings is 1. The maximum absolute atomic E-state index is 11.3. The van der Waals surface area contributed by atoms with E-state index in [1.807, 2.05) is 12.1 Å². The topological polar surface area (TPSA) is 46.5 Å². The van der Waals surface area contributed by atoms with Crippen LogP contribution in [-0.4, -0.2) is 24.3 Å². The third kappa shape index (κ3) is 2.15. The zero-order valence-electron chi connectivity index (χ0n) is 11.2. The van der Waals surface area contributed by atoms with Crippen LogP contribution in [0.4, 0.5) is 0 Å². The summed E-state index contributed by atoms with van der Waals surface area (Å²) in [5.41, 5.74) is 1.58. The first-order valence-corrected chi connectivity index (χ1v) is 6.25. The van der Waals surface area contributed by atoms with E-state index < -0.39 is 11.4 Å². The second kappa shape index (κ2) is 4.39. The fraction of sp³-hybridized carbons (Fsp3) is 0.533. The summed E-state index contributed by atoms with van der Waals surface area (Å²) < 4.78 is 5.38. The standard InChI is InChI=1S/C15H20O3/c1-11-6-4-5-7-12(11)15(9-18-10-15)8-14(2,3)13(16)17/h4-7H,8-10H2,1-3H3,(H,16,17). The van der Waals surface area contributed by atoms with Crippen LogP contribution in [0.25, 0.3) is 0 Å². The highest BCUT2D eigenvalue weighted by Crippen LogP contribution is 2.43. The minimum absolute atomic E-state index is 0.132. The van der Waals surface area contributed by atoms with E-state index in [2.05, 4.69) is 19.1 Å². The van der Waals surface area contributed by atoms with Gasteiger partial charge in [0.05, 0.1) is 18.6 Å². The number of ether oxygens (including phenoxy) is 1. The molecule has 0 spiro atoms. The molecule has 1 saturated heterocycles. The number of hydrogen-bond acceptors (Lipinski definition) is 2. The second-order valence-corrected chi connectivity index (χ2v) is 5.95. The maximum atomic E-state index is 11.3. The lowest BCUT2D eigenvalue weighted by atomic mass is 9.67. The van der Waals surface area contributed by atoms with Crippen LogP contribution in [0.2, 0.25) is 0 Å². The highest BCUT2D eigenvalue weighted by Gasteiger charge is 2.47. The molecule has 0 atom stereocenters. The van der Waals surface area contributed by atoms with E-state index in [-0.39, 0.29) is 5.41 Å². The molecule has 0 radical (unpaired) electrons. The third-order valence-corrected chi connectivity index (χ3v) is 3.83. The Kier molecular flexibility index (Phi) is 3.20. The molecule has 0 aromatic heterocycles. The van der Waals surface area contributed by atoms with Crippen molar-refractivity contribution in [2.45, 2.75) is 32.6 Å². The van der Waals surface area contributed by atoms with Crippen LogP contribution in [-0.2, 0) is 14.9 Å². The Bertz CT molecular complexity index is 459. The predicted molar refractivity (Wildman–Crippen MR) is 69.7 cm³/mol. The fourth-order valence-electron chi connectivity index (χ4n) is 2.79. The molecule has 0 aliphatic carbocycles. The first kappa shape index (κ1) is 13.1. The van der Waals surface area contributed by atoms with E-state index in [1.54, 1.807) is 13.8 Å². The lowest BCUT2D eigenvalue weighted by Crippen LogP contribution is -2.51. The molecule has 1 aliphatic rings. The molecule has 3 nitrogen and oxygen atoms in total. The van der Waals surface area contributed by atoms with Crippen molar-refractivity contribution in [3.63, 3.8) is 0 Å². The molecule has 1 aliphatic heterocycles. The van der Waals surface area contributed by atoms with Crippen molar-refractivity contribution >= 4 is 5.97 Å². The van der Waals surface area contributed by atoms with Crippen LogP contribution in [0.15, 0.2) is 24.3 Å². The lowest BCUT2D eigenvalue weighted by molar-refractivity contribution is -0.152. The second-order valence-electron chi connectivity index (χ2n) is 5.95. The summed E-state index contributed by atoms with van der Waals surface area (Å²) in [4.78, 5) is 11.3. The zero-order chi connectivity index (χ0) is 13.4. The lowest BCUT2D eigenvalue weighted by Gasteiger charge is -2.46. The Morgan fingerprint density at radius 1 is 1.39 bits per heavy atom. The van der Waals surface area contributed by atoms with Crippen molar-refractivity contribution in [1.29, 1.82) is 0 Å². The molecule has 2 rings (SSSR count). The monoisotopic (exact) mass is 248 g/mol.